The number of benzene rings is 2. The van der Waals surface area contributed by atoms with Gasteiger partial charge in [-0.05, 0) is 24.3 Å². The summed E-state index contributed by atoms with van der Waals surface area (Å²) in [6.07, 6.45) is 0. The second-order valence-corrected chi connectivity index (χ2v) is 5.40. The summed E-state index contributed by atoms with van der Waals surface area (Å²) in [5.41, 5.74) is 1.48. The Labute approximate surface area is 115 Å². The third kappa shape index (κ3) is 2.24. The summed E-state index contributed by atoms with van der Waals surface area (Å²) in [5, 5.41) is 3.24. The summed E-state index contributed by atoms with van der Waals surface area (Å²) in [6.45, 7) is 0.819. The molecule has 1 N–H and O–H groups in total. The topological polar surface area (TPSA) is 29.1 Å². The zero-order valence-corrected chi connectivity index (χ0v) is 11.0. The van der Waals surface area contributed by atoms with E-state index in [-0.39, 0.29) is 11.3 Å². The molecule has 2 nitrogen and oxygen atoms in total. The third-order valence-corrected chi connectivity index (χ3v) is 4.11. The van der Waals surface area contributed by atoms with E-state index in [9.17, 15) is 9.18 Å². The first-order valence-corrected chi connectivity index (χ1v) is 7.05. The van der Waals surface area contributed by atoms with Crippen LogP contribution in [0.1, 0.15) is 15.9 Å². The lowest BCUT2D eigenvalue weighted by Gasteiger charge is -2.20. The van der Waals surface area contributed by atoms with Crippen LogP contribution in [0.15, 0.2) is 47.4 Å². The maximum absolute atomic E-state index is 13.7. The molecule has 2 aromatic carbocycles. The molecule has 0 bridgehead atoms. The third-order valence-electron chi connectivity index (χ3n) is 3.05. The molecular weight excluding hydrogens is 261 g/mol. The van der Waals surface area contributed by atoms with Crippen molar-refractivity contribution in [3.63, 3.8) is 0 Å². The van der Waals surface area contributed by atoms with E-state index in [1.165, 1.54) is 12.1 Å². The van der Waals surface area contributed by atoms with Crippen LogP contribution in [-0.4, -0.2) is 18.1 Å². The number of anilines is 1. The van der Waals surface area contributed by atoms with Gasteiger partial charge in [-0.15, -0.1) is 11.8 Å². The quantitative estimate of drug-likeness (QED) is 0.848. The van der Waals surface area contributed by atoms with Gasteiger partial charge in [-0.25, -0.2) is 4.39 Å². The van der Waals surface area contributed by atoms with Gasteiger partial charge in [-0.1, -0.05) is 18.2 Å². The predicted octanol–water partition coefficient (Wildman–Crippen LogP) is 3.57. The minimum absolute atomic E-state index is 0.119. The molecule has 0 saturated carbocycles. The summed E-state index contributed by atoms with van der Waals surface area (Å²) >= 11 is 1.71. The van der Waals surface area contributed by atoms with Crippen LogP contribution in [0, 0.1) is 5.82 Å². The van der Waals surface area contributed by atoms with Crippen molar-refractivity contribution in [3.05, 3.63) is 59.4 Å². The van der Waals surface area contributed by atoms with Gasteiger partial charge in [0, 0.05) is 22.8 Å². The Kier molecular flexibility index (Phi) is 3.25. The summed E-state index contributed by atoms with van der Waals surface area (Å²) in [7, 11) is 0. The fourth-order valence-corrected chi connectivity index (χ4v) is 3.08. The van der Waals surface area contributed by atoms with E-state index in [2.05, 4.69) is 5.32 Å². The van der Waals surface area contributed by atoms with Crippen LogP contribution in [0.3, 0.4) is 0 Å². The number of carbonyl (C=O) groups excluding carboxylic acids is 1. The van der Waals surface area contributed by atoms with Crippen molar-refractivity contribution in [3.8, 4) is 0 Å². The SMILES string of the molecule is O=C(c1ccccc1F)c1cccc2c1NCCS2. The molecular formula is C15H12FNOS. The van der Waals surface area contributed by atoms with Crippen molar-refractivity contribution in [2.24, 2.45) is 0 Å². The zero-order valence-electron chi connectivity index (χ0n) is 10.2. The Balaban J connectivity index is 2.08. The monoisotopic (exact) mass is 273 g/mol. The molecule has 4 heteroatoms. The first-order chi connectivity index (χ1) is 9.27. The van der Waals surface area contributed by atoms with E-state index in [0.717, 1.165) is 22.9 Å². The molecule has 1 aliphatic rings. The number of para-hydroxylation sites is 1. The zero-order chi connectivity index (χ0) is 13.2. The predicted molar refractivity (Wildman–Crippen MR) is 75.5 cm³/mol. The minimum Gasteiger partial charge on any atom is -0.383 e. The van der Waals surface area contributed by atoms with Gasteiger partial charge in [0.2, 0.25) is 0 Å². The maximum atomic E-state index is 13.7. The van der Waals surface area contributed by atoms with Gasteiger partial charge in [0.05, 0.1) is 11.3 Å². The molecule has 0 unspecified atom stereocenters. The lowest BCUT2D eigenvalue weighted by atomic mass is 10.0. The molecule has 1 aliphatic heterocycles. The standard InChI is InChI=1S/C15H12FNOS/c16-12-6-2-1-4-10(12)15(18)11-5-3-7-13-14(11)17-8-9-19-13/h1-7,17H,8-9H2. The van der Waals surface area contributed by atoms with Gasteiger partial charge in [-0.2, -0.15) is 0 Å². The van der Waals surface area contributed by atoms with Gasteiger partial charge in [-0.3, -0.25) is 4.79 Å². The average Bonchev–Trinajstić information content (AvgIpc) is 2.46. The van der Waals surface area contributed by atoms with Gasteiger partial charge < -0.3 is 5.32 Å². The van der Waals surface area contributed by atoms with Crippen molar-refractivity contribution >= 4 is 23.2 Å². The molecule has 96 valence electrons. The van der Waals surface area contributed by atoms with Gasteiger partial charge >= 0.3 is 0 Å². The number of hydrogen-bond donors (Lipinski definition) is 1. The molecule has 0 radical (unpaired) electrons. The highest BCUT2D eigenvalue weighted by molar-refractivity contribution is 7.99. The molecule has 3 rings (SSSR count). The van der Waals surface area contributed by atoms with Crippen LogP contribution in [0.4, 0.5) is 10.1 Å². The maximum Gasteiger partial charge on any atom is 0.198 e. The highest BCUT2D eigenvalue weighted by Crippen LogP contribution is 2.34. The van der Waals surface area contributed by atoms with E-state index in [4.69, 9.17) is 0 Å². The molecule has 2 aromatic rings. The summed E-state index contributed by atoms with van der Waals surface area (Å²) in [5.74, 6) is 0.225. The number of halogens is 1. The lowest BCUT2D eigenvalue weighted by Crippen LogP contribution is -2.15. The Hall–Kier alpha value is -1.81. The number of nitrogens with one attached hydrogen (secondary N) is 1. The molecule has 0 amide bonds. The van der Waals surface area contributed by atoms with Gasteiger partial charge in [0.15, 0.2) is 5.78 Å². The molecule has 0 spiro atoms. The van der Waals surface area contributed by atoms with Crippen molar-refractivity contribution in [2.45, 2.75) is 4.90 Å². The Morgan fingerprint density at radius 3 is 2.74 bits per heavy atom. The van der Waals surface area contributed by atoms with Crippen molar-refractivity contribution in [2.75, 3.05) is 17.6 Å². The van der Waals surface area contributed by atoms with Crippen LogP contribution < -0.4 is 5.32 Å². The number of fused-ring (bicyclic) bond motifs is 1. The van der Waals surface area contributed by atoms with Crippen LogP contribution in [-0.2, 0) is 0 Å². The Bertz CT molecular complexity index is 642. The molecule has 1 heterocycles. The number of ketones is 1. The van der Waals surface area contributed by atoms with E-state index in [1.807, 2.05) is 12.1 Å². The van der Waals surface area contributed by atoms with Crippen LogP contribution in [0.2, 0.25) is 0 Å². The number of hydrogen-bond acceptors (Lipinski definition) is 3. The molecule has 0 aromatic heterocycles. The van der Waals surface area contributed by atoms with Crippen LogP contribution in [0.25, 0.3) is 0 Å². The molecule has 0 fully saturated rings. The van der Waals surface area contributed by atoms with Crippen molar-refractivity contribution in [1.29, 1.82) is 0 Å². The highest BCUT2D eigenvalue weighted by Gasteiger charge is 2.20. The molecule has 19 heavy (non-hydrogen) atoms. The first-order valence-electron chi connectivity index (χ1n) is 6.06. The summed E-state index contributed by atoms with van der Waals surface area (Å²) < 4.78 is 13.7. The Morgan fingerprint density at radius 2 is 1.89 bits per heavy atom. The second kappa shape index (κ2) is 5.05. The number of carbonyl (C=O) groups is 1. The normalized spacial score (nSPS) is 13.5. The van der Waals surface area contributed by atoms with E-state index in [0.29, 0.717) is 5.56 Å². The smallest absolute Gasteiger partial charge is 0.198 e. The van der Waals surface area contributed by atoms with Gasteiger partial charge in [0.1, 0.15) is 5.82 Å². The second-order valence-electron chi connectivity index (χ2n) is 4.26. The fourth-order valence-electron chi connectivity index (χ4n) is 2.15. The fraction of sp³-hybridized carbons (Fsp3) is 0.133. The van der Waals surface area contributed by atoms with Gasteiger partial charge in [0.25, 0.3) is 0 Å². The Morgan fingerprint density at radius 1 is 1.11 bits per heavy atom. The number of thioether (sulfide) groups is 1. The van der Waals surface area contributed by atoms with Crippen molar-refractivity contribution in [1.82, 2.24) is 0 Å². The van der Waals surface area contributed by atoms with E-state index in [1.54, 1.807) is 30.0 Å². The average molecular weight is 273 g/mol. The largest absolute Gasteiger partial charge is 0.383 e. The van der Waals surface area contributed by atoms with E-state index < -0.39 is 5.82 Å². The summed E-state index contributed by atoms with van der Waals surface area (Å²) in [4.78, 5) is 13.5. The van der Waals surface area contributed by atoms with Crippen molar-refractivity contribution < 1.29 is 9.18 Å². The molecule has 0 saturated heterocycles. The molecule has 0 aliphatic carbocycles. The minimum atomic E-state index is -0.478. The number of rotatable bonds is 2. The first kappa shape index (κ1) is 12.2. The molecule has 0 atom stereocenters. The summed E-state index contributed by atoms with van der Waals surface area (Å²) in [6, 6.07) is 11.6. The van der Waals surface area contributed by atoms with Crippen LogP contribution in [0.5, 0.6) is 0 Å². The van der Waals surface area contributed by atoms with E-state index >= 15 is 0 Å². The highest BCUT2D eigenvalue weighted by atomic mass is 32.2. The lowest BCUT2D eigenvalue weighted by molar-refractivity contribution is 0.103. The van der Waals surface area contributed by atoms with Crippen LogP contribution >= 0.6 is 11.8 Å².